The molecular weight excluding hydrogens is 152 g/mol. The van der Waals surface area contributed by atoms with E-state index < -0.39 is 12.2 Å². The molecule has 1 fully saturated rings. The first-order chi connectivity index (χ1) is 5.72. The highest BCUT2D eigenvalue weighted by molar-refractivity contribution is 4.75. The summed E-state index contributed by atoms with van der Waals surface area (Å²) in [5.74, 6) is 0.340. The molecule has 2 heteroatoms. The largest absolute Gasteiger partial charge is 0.391 e. The molecule has 0 aromatic rings. The maximum atomic E-state index is 9.63. The van der Waals surface area contributed by atoms with Gasteiger partial charge in [0, 0.05) is 0 Å². The molecule has 0 radical (unpaired) electrons. The average Bonchev–Trinajstić information content (AvgIpc) is 2.30. The summed E-state index contributed by atoms with van der Waals surface area (Å²) >= 11 is 0. The van der Waals surface area contributed by atoms with Crippen molar-refractivity contribution in [3.05, 3.63) is 0 Å². The fourth-order valence-electron chi connectivity index (χ4n) is 2.05. The number of aliphatic hydroxyl groups excluding tert-OH is 2. The Balaban J connectivity index is 2.37. The lowest BCUT2D eigenvalue weighted by Gasteiger charge is -2.23. The van der Waals surface area contributed by atoms with Crippen molar-refractivity contribution in [2.45, 2.75) is 57.7 Å². The van der Waals surface area contributed by atoms with Gasteiger partial charge in [0.1, 0.15) is 0 Å². The van der Waals surface area contributed by atoms with E-state index in [1.807, 2.05) is 0 Å². The minimum Gasteiger partial charge on any atom is -0.391 e. The van der Waals surface area contributed by atoms with Crippen molar-refractivity contribution in [2.24, 2.45) is 5.92 Å². The Morgan fingerprint density at radius 1 is 1.00 bits per heavy atom. The molecule has 12 heavy (non-hydrogen) atoms. The van der Waals surface area contributed by atoms with E-state index in [0.717, 1.165) is 12.8 Å². The first-order valence-electron chi connectivity index (χ1n) is 5.08. The lowest BCUT2D eigenvalue weighted by molar-refractivity contribution is -0.0114. The quantitative estimate of drug-likeness (QED) is 0.622. The van der Waals surface area contributed by atoms with Gasteiger partial charge in [-0.1, -0.05) is 25.7 Å². The summed E-state index contributed by atoms with van der Waals surface area (Å²) < 4.78 is 0. The molecule has 0 bridgehead atoms. The van der Waals surface area contributed by atoms with Gasteiger partial charge in [-0.25, -0.2) is 0 Å². The van der Waals surface area contributed by atoms with Gasteiger partial charge in [0.15, 0.2) is 0 Å². The zero-order chi connectivity index (χ0) is 8.97. The van der Waals surface area contributed by atoms with Gasteiger partial charge in [0.2, 0.25) is 0 Å². The van der Waals surface area contributed by atoms with Gasteiger partial charge >= 0.3 is 0 Å². The monoisotopic (exact) mass is 172 g/mol. The Kier molecular flexibility index (Phi) is 4.02. The number of hydrogen-bond donors (Lipinski definition) is 2. The van der Waals surface area contributed by atoms with E-state index in [9.17, 15) is 10.2 Å². The highest BCUT2D eigenvalue weighted by Gasteiger charge is 2.23. The minimum atomic E-state index is -0.562. The predicted octanol–water partition coefficient (Wildman–Crippen LogP) is 1.70. The van der Waals surface area contributed by atoms with Crippen molar-refractivity contribution >= 4 is 0 Å². The fraction of sp³-hybridized carbons (Fsp3) is 1.00. The first-order valence-corrected chi connectivity index (χ1v) is 5.08. The zero-order valence-electron chi connectivity index (χ0n) is 7.87. The molecule has 2 unspecified atom stereocenters. The second kappa shape index (κ2) is 4.83. The molecule has 1 rings (SSSR count). The molecule has 2 atom stereocenters. The van der Waals surface area contributed by atoms with Gasteiger partial charge in [0.25, 0.3) is 0 Å². The van der Waals surface area contributed by atoms with Gasteiger partial charge in [-0.3, -0.25) is 0 Å². The van der Waals surface area contributed by atoms with Crippen molar-refractivity contribution in [1.82, 2.24) is 0 Å². The van der Waals surface area contributed by atoms with E-state index in [1.165, 1.54) is 25.7 Å². The van der Waals surface area contributed by atoms with Crippen LogP contribution in [0.5, 0.6) is 0 Å². The second-order valence-electron chi connectivity index (χ2n) is 3.98. The Labute approximate surface area is 74.6 Å². The highest BCUT2D eigenvalue weighted by Crippen LogP contribution is 2.26. The smallest absolute Gasteiger partial charge is 0.0824 e. The van der Waals surface area contributed by atoms with Crippen LogP contribution in [0.1, 0.15) is 45.4 Å². The summed E-state index contributed by atoms with van der Waals surface area (Å²) in [4.78, 5) is 0. The summed E-state index contributed by atoms with van der Waals surface area (Å²) in [6.45, 7) is 1.68. The van der Waals surface area contributed by atoms with Crippen LogP contribution in [-0.2, 0) is 0 Å². The van der Waals surface area contributed by atoms with Gasteiger partial charge in [0.05, 0.1) is 12.2 Å². The lowest BCUT2D eigenvalue weighted by Crippen LogP contribution is -2.30. The van der Waals surface area contributed by atoms with Crippen molar-refractivity contribution in [3.8, 4) is 0 Å². The Morgan fingerprint density at radius 2 is 1.50 bits per heavy atom. The number of aliphatic hydroxyl groups is 2. The third-order valence-electron chi connectivity index (χ3n) is 2.88. The van der Waals surface area contributed by atoms with E-state index in [-0.39, 0.29) is 0 Å². The van der Waals surface area contributed by atoms with Gasteiger partial charge in [-0.05, 0) is 25.7 Å². The van der Waals surface area contributed by atoms with E-state index in [0.29, 0.717) is 5.92 Å². The first kappa shape index (κ1) is 10.0. The summed E-state index contributed by atoms with van der Waals surface area (Å²) in [7, 11) is 0. The predicted molar refractivity (Wildman–Crippen MR) is 48.9 cm³/mol. The van der Waals surface area contributed by atoms with Crippen LogP contribution in [0.4, 0.5) is 0 Å². The SMILES string of the molecule is CC(O)C(O)C1CCCCCC1. The Bertz CT molecular complexity index is 115. The van der Waals surface area contributed by atoms with E-state index in [4.69, 9.17) is 0 Å². The van der Waals surface area contributed by atoms with Crippen LogP contribution in [-0.4, -0.2) is 22.4 Å². The van der Waals surface area contributed by atoms with Crippen LogP contribution >= 0.6 is 0 Å². The summed E-state index contributed by atoms with van der Waals surface area (Å²) in [5.41, 5.74) is 0. The molecule has 0 amide bonds. The topological polar surface area (TPSA) is 40.5 Å². The van der Waals surface area contributed by atoms with Gasteiger partial charge in [-0.15, -0.1) is 0 Å². The van der Waals surface area contributed by atoms with E-state index >= 15 is 0 Å². The third kappa shape index (κ3) is 2.76. The van der Waals surface area contributed by atoms with Crippen molar-refractivity contribution < 1.29 is 10.2 Å². The molecule has 0 aliphatic heterocycles. The van der Waals surface area contributed by atoms with E-state index in [2.05, 4.69) is 0 Å². The summed E-state index contributed by atoms with van der Waals surface area (Å²) in [6, 6.07) is 0. The lowest BCUT2D eigenvalue weighted by atomic mass is 9.91. The zero-order valence-corrected chi connectivity index (χ0v) is 7.87. The molecule has 1 aliphatic rings. The summed E-state index contributed by atoms with van der Waals surface area (Å²) in [6.07, 6.45) is 6.14. The van der Waals surface area contributed by atoms with Crippen LogP contribution in [0, 0.1) is 5.92 Å². The van der Waals surface area contributed by atoms with Gasteiger partial charge in [-0.2, -0.15) is 0 Å². The standard InChI is InChI=1S/C10H20O2/c1-8(11)10(12)9-6-4-2-3-5-7-9/h8-12H,2-7H2,1H3. The number of rotatable bonds is 2. The molecule has 2 nitrogen and oxygen atoms in total. The maximum Gasteiger partial charge on any atom is 0.0824 e. The van der Waals surface area contributed by atoms with Crippen LogP contribution in [0.25, 0.3) is 0 Å². The molecule has 2 N–H and O–H groups in total. The van der Waals surface area contributed by atoms with Crippen LogP contribution in [0.3, 0.4) is 0 Å². The van der Waals surface area contributed by atoms with Crippen molar-refractivity contribution in [3.63, 3.8) is 0 Å². The molecule has 72 valence electrons. The second-order valence-corrected chi connectivity index (χ2v) is 3.98. The van der Waals surface area contributed by atoms with Crippen LogP contribution in [0.2, 0.25) is 0 Å². The summed E-state index contributed by atoms with van der Waals surface area (Å²) in [5, 5.41) is 18.8. The van der Waals surface area contributed by atoms with Crippen molar-refractivity contribution in [2.75, 3.05) is 0 Å². The number of hydrogen-bond acceptors (Lipinski definition) is 2. The molecule has 0 aromatic heterocycles. The van der Waals surface area contributed by atoms with Crippen molar-refractivity contribution in [1.29, 1.82) is 0 Å². The fourth-order valence-corrected chi connectivity index (χ4v) is 2.05. The minimum absolute atomic E-state index is 0.340. The molecule has 0 heterocycles. The van der Waals surface area contributed by atoms with Crippen LogP contribution < -0.4 is 0 Å². The Hall–Kier alpha value is -0.0800. The average molecular weight is 172 g/mol. The molecule has 0 aromatic carbocycles. The maximum absolute atomic E-state index is 9.63. The van der Waals surface area contributed by atoms with Crippen LogP contribution in [0.15, 0.2) is 0 Å². The van der Waals surface area contributed by atoms with E-state index in [1.54, 1.807) is 6.92 Å². The molecule has 1 aliphatic carbocycles. The van der Waals surface area contributed by atoms with Gasteiger partial charge < -0.3 is 10.2 Å². The molecule has 1 saturated carbocycles. The Morgan fingerprint density at radius 3 is 1.92 bits per heavy atom. The molecule has 0 spiro atoms. The normalized spacial score (nSPS) is 26.2. The molecular formula is C10H20O2. The molecule has 0 saturated heterocycles. The third-order valence-corrected chi connectivity index (χ3v) is 2.88. The highest BCUT2D eigenvalue weighted by atomic mass is 16.3.